The van der Waals surface area contributed by atoms with Crippen molar-refractivity contribution in [2.75, 3.05) is 7.11 Å². The topological polar surface area (TPSA) is 50.8 Å². The van der Waals surface area contributed by atoms with Gasteiger partial charge in [0.25, 0.3) is 0 Å². The first-order chi connectivity index (χ1) is 8.71. The van der Waals surface area contributed by atoms with Crippen LogP contribution in [0.4, 0.5) is 0 Å². The second kappa shape index (κ2) is 5.11. The number of hydrogen-bond acceptors (Lipinski definition) is 3. The van der Waals surface area contributed by atoms with E-state index >= 15 is 0 Å². The Bertz CT molecular complexity index is 596. The Morgan fingerprint density at radius 2 is 2.06 bits per heavy atom. The molecule has 0 fully saturated rings. The highest BCUT2D eigenvalue weighted by molar-refractivity contribution is 6.17. The second-order valence-electron chi connectivity index (χ2n) is 3.76. The lowest BCUT2D eigenvalue weighted by molar-refractivity contribution is 0.414. The molecule has 0 saturated carbocycles. The molecule has 0 radical (unpaired) electrons. The summed E-state index contributed by atoms with van der Waals surface area (Å²) < 4.78 is 6.80. The first-order valence-electron chi connectivity index (χ1n) is 5.40. The standard InChI is InChI=1S/C13H12ClN3O/c1-9-12(8-15)13(7-14)17(16-9)10-3-5-11(18-2)6-4-10/h3-6H,7H2,1-2H3. The van der Waals surface area contributed by atoms with Crippen molar-refractivity contribution in [3.05, 3.63) is 41.2 Å². The van der Waals surface area contributed by atoms with E-state index in [-0.39, 0.29) is 5.88 Å². The minimum absolute atomic E-state index is 0.246. The Labute approximate surface area is 110 Å². The van der Waals surface area contributed by atoms with Gasteiger partial charge in [0, 0.05) is 0 Å². The molecule has 2 rings (SSSR count). The van der Waals surface area contributed by atoms with Gasteiger partial charge in [-0.05, 0) is 31.2 Å². The molecule has 0 N–H and O–H groups in total. The normalized spacial score (nSPS) is 10.1. The molecule has 0 bridgehead atoms. The number of nitrogens with zero attached hydrogens (tertiary/aromatic N) is 3. The Kier molecular flexibility index (Phi) is 3.54. The molecule has 0 spiro atoms. The van der Waals surface area contributed by atoms with Gasteiger partial charge in [-0.25, -0.2) is 4.68 Å². The van der Waals surface area contributed by atoms with Crippen LogP contribution < -0.4 is 4.74 Å². The highest BCUT2D eigenvalue weighted by Crippen LogP contribution is 2.21. The number of ether oxygens (including phenoxy) is 1. The summed E-state index contributed by atoms with van der Waals surface area (Å²) >= 11 is 5.90. The van der Waals surface area contributed by atoms with Crippen LogP contribution in [0.3, 0.4) is 0 Å². The number of rotatable bonds is 3. The zero-order valence-electron chi connectivity index (χ0n) is 10.1. The Hall–Kier alpha value is -1.99. The van der Waals surface area contributed by atoms with Crippen LogP contribution in [0, 0.1) is 18.3 Å². The summed E-state index contributed by atoms with van der Waals surface area (Å²) in [5.41, 5.74) is 2.79. The van der Waals surface area contributed by atoms with Crippen LogP contribution in [-0.4, -0.2) is 16.9 Å². The quantitative estimate of drug-likeness (QED) is 0.799. The summed E-state index contributed by atoms with van der Waals surface area (Å²) in [6, 6.07) is 9.58. The van der Waals surface area contributed by atoms with Crippen LogP contribution in [-0.2, 0) is 5.88 Å². The van der Waals surface area contributed by atoms with Gasteiger partial charge in [-0.1, -0.05) is 0 Å². The maximum absolute atomic E-state index is 9.09. The number of nitriles is 1. The monoisotopic (exact) mass is 261 g/mol. The van der Waals surface area contributed by atoms with Crippen LogP contribution in [0.2, 0.25) is 0 Å². The van der Waals surface area contributed by atoms with Crippen molar-refractivity contribution in [1.82, 2.24) is 9.78 Å². The SMILES string of the molecule is COc1ccc(-n2nc(C)c(C#N)c2CCl)cc1. The highest BCUT2D eigenvalue weighted by Gasteiger charge is 2.15. The van der Waals surface area contributed by atoms with E-state index in [1.165, 1.54) is 0 Å². The third-order valence-electron chi connectivity index (χ3n) is 2.71. The molecule has 0 unspecified atom stereocenters. The molecule has 1 aromatic carbocycles. The van der Waals surface area contributed by atoms with Gasteiger partial charge in [0.1, 0.15) is 11.8 Å². The minimum Gasteiger partial charge on any atom is -0.497 e. The molecule has 92 valence electrons. The van der Waals surface area contributed by atoms with Crippen molar-refractivity contribution in [2.45, 2.75) is 12.8 Å². The molecule has 0 amide bonds. The van der Waals surface area contributed by atoms with Gasteiger partial charge in [-0.3, -0.25) is 0 Å². The molecule has 0 aliphatic carbocycles. The van der Waals surface area contributed by atoms with E-state index in [9.17, 15) is 0 Å². The summed E-state index contributed by atoms with van der Waals surface area (Å²) in [6.07, 6.45) is 0. The van der Waals surface area contributed by atoms with Gasteiger partial charge in [-0.15, -0.1) is 11.6 Å². The smallest absolute Gasteiger partial charge is 0.119 e. The van der Waals surface area contributed by atoms with Crippen molar-refractivity contribution in [3.63, 3.8) is 0 Å². The molecule has 18 heavy (non-hydrogen) atoms. The lowest BCUT2D eigenvalue weighted by atomic mass is 10.2. The average Bonchev–Trinajstić information content (AvgIpc) is 2.74. The van der Waals surface area contributed by atoms with E-state index in [0.717, 1.165) is 11.4 Å². The van der Waals surface area contributed by atoms with Crippen LogP contribution in [0.25, 0.3) is 5.69 Å². The van der Waals surface area contributed by atoms with E-state index in [0.29, 0.717) is 17.0 Å². The summed E-state index contributed by atoms with van der Waals surface area (Å²) in [5, 5.41) is 13.4. The molecular formula is C13H12ClN3O. The maximum atomic E-state index is 9.09. The maximum Gasteiger partial charge on any atom is 0.119 e. The fourth-order valence-corrected chi connectivity index (χ4v) is 2.03. The predicted molar refractivity (Wildman–Crippen MR) is 69.1 cm³/mol. The molecule has 0 aliphatic rings. The average molecular weight is 262 g/mol. The summed E-state index contributed by atoms with van der Waals surface area (Å²) in [6.45, 7) is 1.80. The van der Waals surface area contributed by atoms with Crippen LogP contribution >= 0.6 is 11.6 Å². The van der Waals surface area contributed by atoms with Gasteiger partial charge in [0.05, 0.1) is 35.6 Å². The molecule has 0 atom stereocenters. The number of aromatic nitrogens is 2. The highest BCUT2D eigenvalue weighted by atomic mass is 35.5. The largest absolute Gasteiger partial charge is 0.497 e. The van der Waals surface area contributed by atoms with Crippen LogP contribution in [0.15, 0.2) is 24.3 Å². The molecular weight excluding hydrogens is 250 g/mol. The number of hydrogen-bond donors (Lipinski definition) is 0. The van der Waals surface area contributed by atoms with E-state index in [2.05, 4.69) is 11.2 Å². The molecule has 2 aromatic rings. The van der Waals surface area contributed by atoms with Crippen LogP contribution in [0.5, 0.6) is 5.75 Å². The lowest BCUT2D eigenvalue weighted by Crippen LogP contribution is -2.01. The molecule has 1 aromatic heterocycles. The van der Waals surface area contributed by atoms with E-state index in [4.69, 9.17) is 21.6 Å². The Morgan fingerprint density at radius 3 is 2.56 bits per heavy atom. The number of alkyl halides is 1. The summed E-state index contributed by atoms with van der Waals surface area (Å²) in [7, 11) is 1.62. The van der Waals surface area contributed by atoms with E-state index in [1.807, 2.05) is 24.3 Å². The number of methoxy groups -OCH3 is 1. The molecule has 1 heterocycles. The molecule has 0 saturated heterocycles. The first-order valence-corrected chi connectivity index (χ1v) is 5.93. The second-order valence-corrected chi connectivity index (χ2v) is 4.03. The molecule has 4 nitrogen and oxygen atoms in total. The molecule has 0 aliphatic heterocycles. The predicted octanol–water partition coefficient (Wildman–Crippen LogP) is 2.80. The zero-order valence-corrected chi connectivity index (χ0v) is 10.9. The van der Waals surface area contributed by atoms with Gasteiger partial charge in [0.2, 0.25) is 0 Å². The molecule has 5 heteroatoms. The van der Waals surface area contributed by atoms with Crippen molar-refractivity contribution in [3.8, 4) is 17.5 Å². The summed E-state index contributed by atoms with van der Waals surface area (Å²) in [5.74, 6) is 1.02. The summed E-state index contributed by atoms with van der Waals surface area (Å²) in [4.78, 5) is 0. The first kappa shape index (κ1) is 12.5. The van der Waals surface area contributed by atoms with Gasteiger partial charge in [-0.2, -0.15) is 10.4 Å². The fraction of sp³-hybridized carbons (Fsp3) is 0.231. The number of halogens is 1. The minimum atomic E-state index is 0.246. The van der Waals surface area contributed by atoms with Crippen molar-refractivity contribution >= 4 is 11.6 Å². The Morgan fingerprint density at radius 1 is 1.39 bits per heavy atom. The van der Waals surface area contributed by atoms with Crippen molar-refractivity contribution in [2.24, 2.45) is 0 Å². The van der Waals surface area contributed by atoms with Crippen LogP contribution in [0.1, 0.15) is 17.0 Å². The van der Waals surface area contributed by atoms with Crippen molar-refractivity contribution < 1.29 is 4.74 Å². The number of benzene rings is 1. The zero-order chi connectivity index (χ0) is 13.1. The third kappa shape index (κ3) is 2.05. The fourth-order valence-electron chi connectivity index (χ4n) is 1.78. The van der Waals surface area contributed by atoms with Gasteiger partial charge in [0.15, 0.2) is 0 Å². The van der Waals surface area contributed by atoms with Crippen molar-refractivity contribution in [1.29, 1.82) is 5.26 Å². The van der Waals surface area contributed by atoms with Gasteiger partial charge < -0.3 is 4.74 Å². The Balaban J connectivity index is 2.53. The van der Waals surface area contributed by atoms with E-state index < -0.39 is 0 Å². The lowest BCUT2D eigenvalue weighted by Gasteiger charge is -2.06. The third-order valence-corrected chi connectivity index (χ3v) is 2.96. The van der Waals surface area contributed by atoms with E-state index in [1.54, 1.807) is 18.7 Å². The number of aryl methyl sites for hydroxylation is 1. The van der Waals surface area contributed by atoms with Gasteiger partial charge >= 0.3 is 0 Å².